The fraction of sp³-hybridized carbons (Fsp3) is 0.810. The zero-order valence-corrected chi connectivity index (χ0v) is 31.0. The highest BCUT2D eigenvalue weighted by Gasteiger charge is 2.16. The number of unbranched alkanes of at least 4 members (excludes halogenated alkanes) is 22. The van der Waals surface area contributed by atoms with E-state index in [9.17, 15) is 14.7 Å². The molecule has 0 fully saturated rings. The molecule has 0 amide bonds. The maximum absolute atomic E-state index is 12.2. The molecule has 0 aliphatic rings. The summed E-state index contributed by atoms with van der Waals surface area (Å²) in [5, 5.41) is 9.54. The molecular weight excluding hydrogens is 584 g/mol. The quantitative estimate of drug-likeness (QED) is 0.0411. The van der Waals surface area contributed by atoms with E-state index in [0.717, 1.165) is 51.4 Å². The van der Waals surface area contributed by atoms with E-state index in [1.165, 1.54) is 122 Å². The average molecular weight is 661 g/mol. The lowest BCUT2D eigenvalue weighted by Crippen LogP contribution is -2.28. The average Bonchev–Trinajstić information content (AvgIpc) is 3.07. The summed E-state index contributed by atoms with van der Waals surface area (Å²) in [7, 11) is 0. The van der Waals surface area contributed by atoms with E-state index in [2.05, 4.69) is 50.3 Å². The Morgan fingerprint density at radius 1 is 0.489 bits per heavy atom. The molecule has 0 spiro atoms. The predicted molar refractivity (Wildman–Crippen MR) is 201 cm³/mol. The summed E-state index contributed by atoms with van der Waals surface area (Å²) >= 11 is 0. The van der Waals surface area contributed by atoms with Gasteiger partial charge in [0, 0.05) is 12.8 Å². The summed E-state index contributed by atoms with van der Waals surface area (Å²) in [6, 6.07) is 0. The highest BCUT2D eigenvalue weighted by molar-refractivity contribution is 5.70. The highest BCUT2D eigenvalue weighted by atomic mass is 16.6. The fourth-order valence-electron chi connectivity index (χ4n) is 5.58. The number of hydrogen-bond acceptors (Lipinski definition) is 5. The molecule has 0 radical (unpaired) electrons. The van der Waals surface area contributed by atoms with Gasteiger partial charge in [-0.25, -0.2) is 0 Å². The molecule has 5 heteroatoms. The minimum Gasteiger partial charge on any atom is -0.462 e. The standard InChI is InChI=1S/C42H76O5/c1-3-5-7-9-11-13-15-17-18-19-20-21-22-23-24-25-27-29-31-33-35-37-42(45)47-40(38-43)39-46-41(44)36-34-32-30-28-26-16-14-12-10-8-6-4-2/h12,14-15,17,19-20,40,43H,3-11,13,16,18,21-39H2,1-2H3/b14-12-,17-15-,20-19-. The number of aliphatic hydroxyl groups is 1. The molecule has 47 heavy (non-hydrogen) atoms. The van der Waals surface area contributed by atoms with E-state index in [4.69, 9.17) is 9.47 Å². The third-order valence-corrected chi connectivity index (χ3v) is 8.66. The molecule has 0 aliphatic carbocycles. The number of aliphatic hydroxyl groups excluding tert-OH is 1. The van der Waals surface area contributed by atoms with Crippen molar-refractivity contribution in [2.45, 2.75) is 206 Å². The van der Waals surface area contributed by atoms with Gasteiger partial charge >= 0.3 is 11.9 Å². The van der Waals surface area contributed by atoms with Crippen molar-refractivity contribution in [3.63, 3.8) is 0 Å². The van der Waals surface area contributed by atoms with Crippen LogP contribution in [-0.2, 0) is 19.1 Å². The van der Waals surface area contributed by atoms with E-state index in [0.29, 0.717) is 12.8 Å². The first-order valence-corrected chi connectivity index (χ1v) is 20.0. The second-order valence-electron chi connectivity index (χ2n) is 13.4. The van der Waals surface area contributed by atoms with Gasteiger partial charge in [0.25, 0.3) is 0 Å². The number of carbonyl (C=O) groups excluding carboxylic acids is 2. The monoisotopic (exact) mass is 661 g/mol. The minimum atomic E-state index is -0.774. The molecule has 0 aliphatic heterocycles. The number of ether oxygens (including phenoxy) is 2. The van der Waals surface area contributed by atoms with Crippen LogP contribution in [0.15, 0.2) is 36.5 Å². The lowest BCUT2D eigenvalue weighted by Gasteiger charge is -2.15. The van der Waals surface area contributed by atoms with Crippen LogP contribution in [0.4, 0.5) is 0 Å². The van der Waals surface area contributed by atoms with Crippen LogP contribution in [0, 0.1) is 0 Å². The van der Waals surface area contributed by atoms with Crippen LogP contribution >= 0.6 is 0 Å². The maximum Gasteiger partial charge on any atom is 0.306 e. The molecule has 1 atom stereocenters. The zero-order chi connectivity index (χ0) is 34.3. The molecule has 0 aromatic carbocycles. The molecule has 0 aromatic rings. The number of rotatable bonds is 36. The van der Waals surface area contributed by atoms with Gasteiger partial charge in [-0.3, -0.25) is 9.59 Å². The first-order valence-electron chi connectivity index (χ1n) is 20.0. The molecule has 0 rings (SSSR count). The smallest absolute Gasteiger partial charge is 0.306 e. The maximum atomic E-state index is 12.2. The number of esters is 2. The lowest BCUT2D eigenvalue weighted by atomic mass is 10.1. The Bertz CT molecular complexity index is 756. The predicted octanol–water partition coefficient (Wildman–Crippen LogP) is 12.5. The minimum absolute atomic E-state index is 0.0708. The van der Waals surface area contributed by atoms with E-state index in [1.807, 2.05) is 0 Å². The molecule has 274 valence electrons. The third-order valence-electron chi connectivity index (χ3n) is 8.66. The second-order valence-corrected chi connectivity index (χ2v) is 13.4. The molecule has 0 bridgehead atoms. The Morgan fingerprint density at radius 3 is 1.32 bits per heavy atom. The second kappa shape index (κ2) is 38.6. The molecule has 0 heterocycles. The Balaban J connectivity index is 3.55. The normalized spacial score (nSPS) is 12.5. The summed E-state index contributed by atoms with van der Waals surface area (Å²) in [5.41, 5.74) is 0. The van der Waals surface area contributed by atoms with Gasteiger partial charge in [0.15, 0.2) is 6.10 Å². The van der Waals surface area contributed by atoms with Crippen molar-refractivity contribution in [3.05, 3.63) is 36.5 Å². The van der Waals surface area contributed by atoms with E-state index >= 15 is 0 Å². The van der Waals surface area contributed by atoms with Crippen molar-refractivity contribution < 1.29 is 24.2 Å². The molecule has 0 aromatic heterocycles. The number of hydrogen-bond donors (Lipinski definition) is 1. The lowest BCUT2D eigenvalue weighted by molar-refractivity contribution is -0.161. The van der Waals surface area contributed by atoms with Crippen molar-refractivity contribution in [2.24, 2.45) is 0 Å². The number of allylic oxidation sites excluding steroid dienone is 6. The molecule has 5 nitrogen and oxygen atoms in total. The van der Waals surface area contributed by atoms with Crippen LogP contribution in [-0.4, -0.2) is 36.4 Å². The van der Waals surface area contributed by atoms with Crippen LogP contribution < -0.4 is 0 Å². The van der Waals surface area contributed by atoms with Crippen LogP contribution in [0.5, 0.6) is 0 Å². The SMILES string of the molecule is CCCCC/C=C\CCCCCCCC(=O)OCC(CO)OC(=O)CCCCCCCCCCC/C=C\C/C=C\CCCCCCC. The van der Waals surface area contributed by atoms with Crippen LogP contribution in [0.2, 0.25) is 0 Å². The van der Waals surface area contributed by atoms with Crippen molar-refractivity contribution in [3.8, 4) is 0 Å². The highest BCUT2D eigenvalue weighted by Crippen LogP contribution is 2.13. The van der Waals surface area contributed by atoms with Gasteiger partial charge < -0.3 is 14.6 Å². The Labute approximate surface area is 291 Å². The summed E-state index contributed by atoms with van der Waals surface area (Å²) in [6.07, 6.45) is 46.3. The van der Waals surface area contributed by atoms with Crippen molar-refractivity contribution in [1.29, 1.82) is 0 Å². The van der Waals surface area contributed by atoms with Crippen LogP contribution in [0.3, 0.4) is 0 Å². The van der Waals surface area contributed by atoms with E-state index in [-0.39, 0.29) is 25.2 Å². The zero-order valence-electron chi connectivity index (χ0n) is 31.0. The molecule has 0 saturated heterocycles. The van der Waals surface area contributed by atoms with Crippen molar-refractivity contribution in [2.75, 3.05) is 13.2 Å². The van der Waals surface area contributed by atoms with Crippen molar-refractivity contribution in [1.82, 2.24) is 0 Å². The topological polar surface area (TPSA) is 72.8 Å². The van der Waals surface area contributed by atoms with Gasteiger partial charge in [-0.15, -0.1) is 0 Å². The van der Waals surface area contributed by atoms with Gasteiger partial charge in [-0.1, -0.05) is 153 Å². The Kier molecular flexibility index (Phi) is 37.0. The Morgan fingerprint density at radius 2 is 0.851 bits per heavy atom. The van der Waals surface area contributed by atoms with Crippen LogP contribution in [0.1, 0.15) is 200 Å². The first-order chi connectivity index (χ1) is 23.1. The van der Waals surface area contributed by atoms with Gasteiger partial charge in [0.05, 0.1) is 6.61 Å². The largest absolute Gasteiger partial charge is 0.462 e. The van der Waals surface area contributed by atoms with Gasteiger partial charge in [-0.05, 0) is 70.6 Å². The summed E-state index contributed by atoms with van der Waals surface area (Å²) in [5.74, 6) is -0.605. The molecule has 0 saturated carbocycles. The molecular formula is C42H76O5. The summed E-state index contributed by atoms with van der Waals surface area (Å²) in [4.78, 5) is 24.2. The van der Waals surface area contributed by atoms with Crippen LogP contribution in [0.25, 0.3) is 0 Å². The summed E-state index contributed by atoms with van der Waals surface area (Å²) < 4.78 is 10.6. The molecule has 1 unspecified atom stereocenters. The van der Waals surface area contributed by atoms with Gasteiger partial charge in [0.2, 0.25) is 0 Å². The first kappa shape index (κ1) is 45.1. The van der Waals surface area contributed by atoms with Crippen molar-refractivity contribution >= 4 is 11.9 Å². The fourth-order valence-corrected chi connectivity index (χ4v) is 5.58. The summed E-state index contributed by atoms with van der Waals surface area (Å²) in [6.45, 7) is 4.09. The molecule has 1 N–H and O–H groups in total. The Hall–Kier alpha value is -1.88. The number of carbonyl (C=O) groups is 2. The van der Waals surface area contributed by atoms with Gasteiger partial charge in [-0.2, -0.15) is 0 Å². The third kappa shape index (κ3) is 36.8. The van der Waals surface area contributed by atoms with E-state index in [1.54, 1.807) is 0 Å². The van der Waals surface area contributed by atoms with Gasteiger partial charge in [0.1, 0.15) is 6.61 Å². The van der Waals surface area contributed by atoms with E-state index < -0.39 is 6.10 Å².